The summed E-state index contributed by atoms with van der Waals surface area (Å²) in [5.74, 6) is 0.872. The fourth-order valence-electron chi connectivity index (χ4n) is 1.22. The Balaban J connectivity index is 3.81. The van der Waals surface area contributed by atoms with Gasteiger partial charge in [0.15, 0.2) is 5.96 Å². The van der Waals surface area contributed by atoms with Crippen LogP contribution in [0.2, 0.25) is 0 Å². The largest absolute Gasteiger partial charge is 0.380 e. The van der Waals surface area contributed by atoms with E-state index in [1.54, 1.807) is 0 Å². The summed E-state index contributed by atoms with van der Waals surface area (Å²) in [6, 6.07) is 0. The number of aliphatic imine (C=N–C) groups is 1. The lowest BCUT2D eigenvalue weighted by atomic mass is 10.5. The molecule has 0 amide bonds. The molecular formula is C12H28N4O. The first-order valence-corrected chi connectivity index (χ1v) is 6.53. The molecule has 5 nitrogen and oxygen atoms in total. The van der Waals surface area contributed by atoms with Crippen molar-refractivity contribution in [3.05, 3.63) is 0 Å². The standard InChI is InChI=1S/C12H28N4O/c1-5-13-12(15-9-11-17-7-3)14-8-10-16(4)6-2/h5-11H2,1-4H3,(H2,13,14,15). The molecule has 0 saturated carbocycles. The van der Waals surface area contributed by atoms with Crippen molar-refractivity contribution in [2.75, 3.05) is 53.0 Å². The van der Waals surface area contributed by atoms with Crippen molar-refractivity contribution in [3.8, 4) is 0 Å². The minimum Gasteiger partial charge on any atom is -0.380 e. The van der Waals surface area contributed by atoms with Gasteiger partial charge in [0.1, 0.15) is 0 Å². The molecule has 0 spiro atoms. The van der Waals surface area contributed by atoms with Gasteiger partial charge in [-0.15, -0.1) is 0 Å². The van der Waals surface area contributed by atoms with E-state index >= 15 is 0 Å². The molecule has 17 heavy (non-hydrogen) atoms. The third-order valence-electron chi connectivity index (χ3n) is 2.38. The molecule has 0 unspecified atom stereocenters. The molecule has 0 radical (unpaired) electrons. The second-order valence-electron chi connectivity index (χ2n) is 3.78. The highest BCUT2D eigenvalue weighted by Crippen LogP contribution is 1.82. The van der Waals surface area contributed by atoms with Gasteiger partial charge in [-0.2, -0.15) is 0 Å². The maximum Gasteiger partial charge on any atom is 0.191 e. The van der Waals surface area contributed by atoms with Gasteiger partial charge in [0.25, 0.3) is 0 Å². The summed E-state index contributed by atoms with van der Waals surface area (Å²) in [5, 5.41) is 6.46. The van der Waals surface area contributed by atoms with E-state index in [9.17, 15) is 0 Å². The van der Waals surface area contributed by atoms with Gasteiger partial charge < -0.3 is 20.3 Å². The second kappa shape index (κ2) is 11.7. The number of hydrogen-bond acceptors (Lipinski definition) is 3. The lowest BCUT2D eigenvalue weighted by Gasteiger charge is -2.14. The Hall–Kier alpha value is -0.810. The normalized spacial score (nSPS) is 11.9. The monoisotopic (exact) mass is 244 g/mol. The first-order chi connectivity index (χ1) is 8.24. The van der Waals surface area contributed by atoms with E-state index in [0.717, 1.165) is 51.9 Å². The first-order valence-electron chi connectivity index (χ1n) is 6.53. The molecule has 0 aliphatic rings. The molecule has 0 atom stereocenters. The number of hydrogen-bond donors (Lipinski definition) is 2. The van der Waals surface area contributed by atoms with Crippen molar-refractivity contribution in [3.63, 3.8) is 0 Å². The predicted octanol–water partition coefficient (Wildman–Crippen LogP) is 0.530. The molecule has 0 heterocycles. The van der Waals surface area contributed by atoms with Crippen LogP contribution >= 0.6 is 0 Å². The molecule has 0 bridgehead atoms. The number of nitrogens with zero attached hydrogens (tertiary/aromatic N) is 2. The summed E-state index contributed by atoms with van der Waals surface area (Å²) in [4.78, 5) is 6.74. The van der Waals surface area contributed by atoms with Crippen molar-refractivity contribution >= 4 is 5.96 Å². The van der Waals surface area contributed by atoms with Crippen molar-refractivity contribution in [1.29, 1.82) is 0 Å². The average Bonchev–Trinajstić information content (AvgIpc) is 2.34. The number of likely N-dealkylation sites (N-methyl/N-ethyl adjacent to an activating group) is 1. The van der Waals surface area contributed by atoms with Crippen LogP contribution in [0.1, 0.15) is 20.8 Å². The fraction of sp³-hybridized carbons (Fsp3) is 0.917. The van der Waals surface area contributed by atoms with E-state index in [1.807, 2.05) is 6.92 Å². The molecule has 0 aromatic rings. The van der Waals surface area contributed by atoms with Crippen molar-refractivity contribution in [1.82, 2.24) is 15.5 Å². The van der Waals surface area contributed by atoms with Crippen LogP contribution in [0.15, 0.2) is 4.99 Å². The number of rotatable bonds is 9. The molecule has 5 heteroatoms. The number of guanidine groups is 1. The summed E-state index contributed by atoms with van der Waals surface area (Å²) in [6.45, 7) is 12.2. The molecule has 0 saturated heterocycles. The Labute approximate surface area is 106 Å². The smallest absolute Gasteiger partial charge is 0.191 e. The van der Waals surface area contributed by atoms with E-state index in [0.29, 0.717) is 0 Å². The molecule has 102 valence electrons. The molecule has 0 aliphatic carbocycles. The summed E-state index contributed by atoms with van der Waals surface area (Å²) >= 11 is 0. The van der Waals surface area contributed by atoms with Gasteiger partial charge >= 0.3 is 0 Å². The number of nitrogens with one attached hydrogen (secondary N) is 2. The minimum absolute atomic E-state index is 0.718. The Morgan fingerprint density at radius 2 is 2.00 bits per heavy atom. The SMILES string of the molecule is CCNC(=NCCN(C)CC)NCCOCC. The van der Waals surface area contributed by atoms with Gasteiger partial charge in [0.05, 0.1) is 13.2 Å². The highest BCUT2D eigenvalue weighted by molar-refractivity contribution is 5.79. The van der Waals surface area contributed by atoms with Gasteiger partial charge in [-0.05, 0) is 27.4 Å². The maximum atomic E-state index is 5.27. The topological polar surface area (TPSA) is 48.9 Å². The Bertz CT molecular complexity index is 197. The average molecular weight is 244 g/mol. The van der Waals surface area contributed by atoms with Crippen molar-refractivity contribution in [2.45, 2.75) is 20.8 Å². The summed E-state index contributed by atoms with van der Waals surface area (Å²) in [7, 11) is 2.10. The lowest BCUT2D eigenvalue weighted by molar-refractivity contribution is 0.152. The quantitative estimate of drug-likeness (QED) is 0.353. The highest BCUT2D eigenvalue weighted by Gasteiger charge is 1.97. The highest BCUT2D eigenvalue weighted by atomic mass is 16.5. The molecule has 0 aromatic carbocycles. The maximum absolute atomic E-state index is 5.27. The molecule has 0 aromatic heterocycles. The molecule has 0 rings (SSSR count). The zero-order valence-electron chi connectivity index (χ0n) is 11.8. The first kappa shape index (κ1) is 16.2. The van der Waals surface area contributed by atoms with Crippen LogP contribution in [0.25, 0.3) is 0 Å². The lowest BCUT2D eigenvalue weighted by Crippen LogP contribution is -2.39. The summed E-state index contributed by atoms with van der Waals surface area (Å²) in [6.07, 6.45) is 0. The van der Waals surface area contributed by atoms with Gasteiger partial charge in [-0.3, -0.25) is 4.99 Å². The van der Waals surface area contributed by atoms with E-state index in [1.165, 1.54) is 0 Å². The molecule has 0 aliphatic heterocycles. The third-order valence-corrected chi connectivity index (χ3v) is 2.38. The van der Waals surface area contributed by atoms with Gasteiger partial charge in [-0.1, -0.05) is 6.92 Å². The van der Waals surface area contributed by atoms with Crippen LogP contribution in [0.5, 0.6) is 0 Å². The van der Waals surface area contributed by atoms with Crippen molar-refractivity contribution in [2.24, 2.45) is 4.99 Å². The van der Waals surface area contributed by atoms with Crippen LogP contribution in [-0.4, -0.2) is 63.8 Å². The summed E-state index contributed by atoms with van der Waals surface area (Å²) < 4.78 is 5.27. The van der Waals surface area contributed by atoms with E-state index in [4.69, 9.17) is 4.74 Å². The predicted molar refractivity (Wildman–Crippen MR) is 73.6 cm³/mol. The van der Waals surface area contributed by atoms with Crippen LogP contribution in [0.4, 0.5) is 0 Å². The zero-order chi connectivity index (χ0) is 12.9. The van der Waals surface area contributed by atoms with Gasteiger partial charge in [-0.25, -0.2) is 0 Å². The Morgan fingerprint density at radius 3 is 2.59 bits per heavy atom. The van der Waals surface area contributed by atoms with E-state index < -0.39 is 0 Å². The molecular weight excluding hydrogens is 216 g/mol. The van der Waals surface area contributed by atoms with Crippen molar-refractivity contribution < 1.29 is 4.74 Å². The van der Waals surface area contributed by atoms with Gasteiger partial charge in [0.2, 0.25) is 0 Å². The summed E-state index contributed by atoms with van der Waals surface area (Å²) in [5.41, 5.74) is 0. The van der Waals surface area contributed by atoms with E-state index in [2.05, 4.69) is 41.4 Å². The number of ether oxygens (including phenoxy) is 1. The molecule has 2 N–H and O–H groups in total. The second-order valence-corrected chi connectivity index (χ2v) is 3.78. The van der Waals surface area contributed by atoms with Gasteiger partial charge in [0, 0.05) is 26.2 Å². The zero-order valence-corrected chi connectivity index (χ0v) is 11.8. The van der Waals surface area contributed by atoms with Crippen LogP contribution < -0.4 is 10.6 Å². The van der Waals surface area contributed by atoms with Crippen LogP contribution in [0, 0.1) is 0 Å². The minimum atomic E-state index is 0.718. The van der Waals surface area contributed by atoms with Crippen LogP contribution in [-0.2, 0) is 4.74 Å². The third kappa shape index (κ3) is 10.1. The van der Waals surface area contributed by atoms with Crippen LogP contribution in [0.3, 0.4) is 0 Å². The Kier molecular flexibility index (Phi) is 11.1. The Morgan fingerprint density at radius 1 is 1.24 bits per heavy atom. The fourth-order valence-corrected chi connectivity index (χ4v) is 1.22. The molecule has 0 fully saturated rings. The van der Waals surface area contributed by atoms with E-state index in [-0.39, 0.29) is 0 Å².